The standard InChI is InChI=1S/C15H24O2/c1-11(2)14-8-5-12(3)6-10-15(17-16)13(4)7-9-14/h5,8,11,14-16H,3-4,6-7,9-10H2,1-2H3/b8-5+/t14-,15+/m0/s1. The Morgan fingerprint density at radius 3 is 2.59 bits per heavy atom. The molecule has 0 saturated carbocycles. The van der Waals surface area contributed by atoms with Crippen LogP contribution < -0.4 is 0 Å². The average Bonchev–Trinajstić information content (AvgIpc) is 2.28. The third-order valence-electron chi connectivity index (χ3n) is 3.54. The largest absolute Gasteiger partial charge is 0.251 e. The van der Waals surface area contributed by atoms with Crippen molar-refractivity contribution < 1.29 is 10.1 Å². The van der Waals surface area contributed by atoms with Crippen LogP contribution in [0.25, 0.3) is 0 Å². The minimum Gasteiger partial charge on any atom is -0.251 e. The fraction of sp³-hybridized carbons (Fsp3) is 0.600. The molecular formula is C15H24O2. The fourth-order valence-corrected chi connectivity index (χ4v) is 2.16. The predicted octanol–water partition coefficient (Wildman–Crippen LogP) is 4.36. The first kappa shape index (κ1) is 14.2. The van der Waals surface area contributed by atoms with Crippen LogP contribution in [0, 0.1) is 11.8 Å². The quantitative estimate of drug-likeness (QED) is 0.438. The third kappa shape index (κ3) is 4.49. The summed E-state index contributed by atoms with van der Waals surface area (Å²) in [7, 11) is 0. The van der Waals surface area contributed by atoms with Gasteiger partial charge in [0, 0.05) is 0 Å². The summed E-state index contributed by atoms with van der Waals surface area (Å²) in [5.41, 5.74) is 2.08. The molecule has 0 fully saturated rings. The van der Waals surface area contributed by atoms with Gasteiger partial charge in [0.2, 0.25) is 0 Å². The zero-order valence-electron chi connectivity index (χ0n) is 11.0. The lowest BCUT2D eigenvalue weighted by Gasteiger charge is -2.22. The summed E-state index contributed by atoms with van der Waals surface area (Å²) < 4.78 is 0. The maximum absolute atomic E-state index is 8.89. The summed E-state index contributed by atoms with van der Waals surface area (Å²) in [6.07, 6.45) is 7.70. The van der Waals surface area contributed by atoms with E-state index in [1.165, 1.54) is 0 Å². The molecule has 0 aromatic rings. The molecule has 0 radical (unpaired) electrons. The molecule has 17 heavy (non-hydrogen) atoms. The van der Waals surface area contributed by atoms with Crippen molar-refractivity contribution >= 4 is 0 Å². The zero-order valence-corrected chi connectivity index (χ0v) is 11.0. The monoisotopic (exact) mass is 236 g/mol. The van der Waals surface area contributed by atoms with Gasteiger partial charge < -0.3 is 0 Å². The minimum atomic E-state index is -0.244. The average molecular weight is 236 g/mol. The first-order valence-corrected chi connectivity index (χ1v) is 6.38. The summed E-state index contributed by atoms with van der Waals surface area (Å²) in [4.78, 5) is 4.51. The highest BCUT2D eigenvalue weighted by molar-refractivity contribution is 5.18. The van der Waals surface area contributed by atoms with Gasteiger partial charge in [0.15, 0.2) is 0 Å². The molecule has 0 aromatic heterocycles. The highest BCUT2D eigenvalue weighted by atomic mass is 17.1. The second-order valence-corrected chi connectivity index (χ2v) is 5.25. The molecule has 2 atom stereocenters. The Kier molecular flexibility index (Phi) is 5.66. The van der Waals surface area contributed by atoms with Gasteiger partial charge in [-0.25, -0.2) is 4.89 Å². The van der Waals surface area contributed by atoms with E-state index >= 15 is 0 Å². The van der Waals surface area contributed by atoms with Crippen LogP contribution in [-0.4, -0.2) is 11.4 Å². The number of allylic oxidation sites excluding steroid dienone is 3. The molecule has 0 amide bonds. The Morgan fingerprint density at radius 2 is 2.00 bits per heavy atom. The smallest absolute Gasteiger partial charge is 0.114 e. The van der Waals surface area contributed by atoms with E-state index in [4.69, 9.17) is 5.26 Å². The zero-order chi connectivity index (χ0) is 12.8. The van der Waals surface area contributed by atoms with Gasteiger partial charge in [-0.05, 0) is 43.1 Å². The first-order valence-electron chi connectivity index (χ1n) is 6.38. The molecule has 96 valence electrons. The molecule has 2 nitrogen and oxygen atoms in total. The van der Waals surface area contributed by atoms with Crippen LogP contribution >= 0.6 is 0 Å². The summed E-state index contributed by atoms with van der Waals surface area (Å²) in [6.45, 7) is 12.5. The summed E-state index contributed by atoms with van der Waals surface area (Å²) in [6, 6.07) is 0. The summed E-state index contributed by atoms with van der Waals surface area (Å²) in [5, 5.41) is 8.89. The van der Waals surface area contributed by atoms with E-state index in [0.29, 0.717) is 11.8 Å². The second-order valence-electron chi connectivity index (χ2n) is 5.25. The molecule has 0 heterocycles. The lowest BCUT2D eigenvalue weighted by Crippen LogP contribution is -2.16. The van der Waals surface area contributed by atoms with Crippen LogP contribution in [-0.2, 0) is 4.89 Å². The predicted molar refractivity (Wildman–Crippen MR) is 71.7 cm³/mol. The maximum Gasteiger partial charge on any atom is 0.114 e. The van der Waals surface area contributed by atoms with E-state index in [9.17, 15) is 0 Å². The van der Waals surface area contributed by atoms with E-state index in [2.05, 4.69) is 44.0 Å². The van der Waals surface area contributed by atoms with Gasteiger partial charge >= 0.3 is 0 Å². The van der Waals surface area contributed by atoms with Crippen molar-refractivity contribution in [3.8, 4) is 0 Å². The minimum absolute atomic E-state index is 0.244. The Labute approximate surface area is 105 Å². The molecule has 0 spiro atoms. The van der Waals surface area contributed by atoms with E-state index in [0.717, 1.165) is 36.8 Å². The van der Waals surface area contributed by atoms with Gasteiger partial charge in [0.05, 0.1) is 0 Å². The molecule has 1 rings (SSSR count). The Morgan fingerprint density at radius 1 is 1.29 bits per heavy atom. The van der Waals surface area contributed by atoms with Gasteiger partial charge in [-0.3, -0.25) is 5.26 Å². The van der Waals surface area contributed by atoms with E-state index in [1.807, 2.05) is 0 Å². The van der Waals surface area contributed by atoms with Gasteiger partial charge in [0.25, 0.3) is 0 Å². The molecule has 0 unspecified atom stereocenters. The number of hydrogen-bond donors (Lipinski definition) is 1. The first-order chi connectivity index (χ1) is 8.04. The molecule has 1 N–H and O–H groups in total. The van der Waals surface area contributed by atoms with Crippen LogP contribution in [0.15, 0.2) is 36.5 Å². The topological polar surface area (TPSA) is 29.5 Å². The molecule has 1 aliphatic rings. The van der Waals surface area contributed by atoms with Gasteiger partial charge in [-0.1, -0.05) is 44.7 Å². The van der Waals surface area contributed by atoms with Crippen LogP contribution in [0.1, 0.15) is 39.5 Å². The molecule has 0 aliphatic heterocycles. The Bertz CT molecular complexity index is 302. The van der Waals surface area contributed by atoms with Crippen LogP contribution in [0.3, 0.4) is 0 Å². The normalized spacial score (nSPS) is 29.4. The third-order valence-corrected chi connectivity index (χ3v) is 3.54. The number of rotatable bonds is 2. The lowest BCUT2D eigenvalue weighted by molar-refractivity contribution is -0.270. The highest BCUT2D eigenvalue weighted by Gasteiger charge is 2.18. The SMILES string of the molecule is C=C1/C=C/[C@H](C(C)C)CCC(=C)[C@H](OO)CC1. The maximum atomic E-state index is 8.89. The van der Waals surface area contributed by atoms with Gasteiger partial charge in [0.1, 0.15) is 6.10 Å². The fourth-order valence-electron chi connectivity index (χ4n) is 2.16. The van der Waals surface area contributed by atoms with Crippen molar-refractivity contribution in [3.05, 3.63) is 36.5 Å². The van der Waals surface area contributed by atoms with Crippen molar-refractivity contribution in [1.82, 2.24) is 0 Å². The Balaban J connectivity index is 2.77. The highest BCUT2D eigenvalue weighted by Crippen LogP contribution is 2.27. The van der Waals surface area contributed by atoms with Crippen molar-refractivity contribution in [2.24, 2.45) is 11.8 Å². The van der Waals surface area contributed by atoms with Crippen molar-refractivity contribution in [3.63, 3.8) is 0 Å². The lowest BCUT2D eigenvalue weighted by atomic mass is 9.86. The molecule has 1 aliphatic carbocycles. The molecule has 2 heteroatoms. The number of hydrogen-bond acceptors (Lipinski definition) is 2. The van der Waals surface area contributed by atoms with E-state index in [1.54, 1.807) is 0 Å². The van der Waals surface area contributed by atoms with Crippen LogP contribution in [0.2, 0.25) is 0 Å². The summed E-state index contributed by atoms with van der Waals surface area (Å²) in [5.74, 6) is 1.15. The second kappa shape index (κ2) is 6.77. The van der Waals surface area contributed by atoms with E-state index in [-0.39, 0.29) is 6.10 Å². The summed E-state index contributed by atoms with van der Waals surface area (Å²) >= 11 is 0. The van der Waals surface area contributed by atoms with Gasteiger partial charge in [-0.15, -0.1) is 0 Å². The van der Waals surface area contributed by atoms with Crippen molar-refractivity contribution in [2.45, 2.75) is 45.6 Å². The molecule has 0 aromatic carbocycles. The molecular weight excluding hydrogens is 212 g/mol. The van der Waals surface area contributed by atoms with Crippen LogP contribution in [0.4, 0.5) is 0 Å². The van der Waals surface area contributed by atoms with E-state index < -0.39 is 0 Å². The Hall–Kier alpha value is -0.860. The molecule has 0 saturated heterocycles. The van der Waals surface area contributed by atoms with Crippen molar-refractivity contribution in [2.75, 3.05) is 0 Å². The van der Waals surface area contributed by atoms with Crippen molar-refractivity contribution in [1.29, 1.82) is 0 Å². The van der Waals surface area contributed by atoms with Crippen LogP contribution in [0.5, 0.6) is 0 Å². The van der Waals surface area contributed by atoms with Gasteiger partial charge in [-0.2, -0.15) is 0 Å². The molecule has 0 bridgehead atoms.